The molecule has 29 heavy (non-hydrogen) atoms. The van der Waals surface area contributed by atoms with Crippen molar-refractivity contribution in [3.05, 3.63) is 0 Å². The molecule has 0 aromatic heterocycles. The standard InChI is InChI=1S/C19H37N3O6S/c1-13(24)22-16-18(27)17(26)14(12-23)28-19(16)29-11-7-3-6-10-21-15(25)8-4-2-5-9-20/h14,16-19,23,26-27H,2-12,20H2,1H3,(H,21,25)(H,22,24)/t14?,16?,17-,18-,19-/m0/s1. The third-order valence-electron chi connectivity index (χ3n) is 4.78. The van der Waals surface area contributed by atoms with Crippen molar-refractivity contribution in [1.29, 1.82) is 0 Å². The van der Waals surface area contributed by atoms with Crippen molar-refractivity contribution in [1.82, 2.24) is 10.6 Å². The van der Waals surface area contributed by atoms with Gasteiger partial charge in [0.1, 0.15) is 23.7 Å². The smallest absolute Gasteiger partial charge is 0.219 e. The van der Waals surface area contributed by atoms with Gasteiger partial charge in [0, 0.05) is 19.9 Å². The first kappa shape index (κ1) is 26.1. The molecule has 10 heteroatoms. The summed E-state index contributed by atoms with van der Waals surface area (Å²) in [5.74, 6) is 0.485. The van der Waals surface area contributed by atoms with Crippen LogP contribution in [0.1, 0.15) is 51.9 Å². The minimum Gasteiger partial charge on any atom is -0.394 e. The second-order valence-electron chi connectivity index (χ2n) is 7.31. The van der Waals surface area contributed by atoms with E-state index in [0.29, 0.717) is 19.5 Å². The Labute approximate surface area is 177 Å². The zero-order chi connectivity index (χ0) is 21.6. The molecular weight excluding hydrogens is 398 g/mol. The number of nitrogens with one attached hydrogen (secondary N) is 2. The van der Waals surface area contributed by atoms with Crippen molar-refractivity contribution in [3.8, 4) is 0 Å². The molecule has 170 valence electrons. The van der Waals surface area contributed by atoms with Crippen LogP contribution in [0, 0.1) is 0 Å². The lowest BCUT2D eigenvalue weighted by molar-refractivity contribution is -0.173. The van der Waals surface area contributed by atoms with E-state index < -0.39 is 36.4 Å². The molecule has 1 fully saturated rings. The third-order valence-corrected chi connectivity index (χ3v) is 6.04. The molecular formula is C19H37N3O6S. The summed E-state index contributed by atoms with van der Waals surface area (Å²) in [6.07, 6.45) is 2.67. The molecule has 1 saturated heterocycles. The first-order valence-electron chi connectivity index (χ1n) is 10.4. The average Bonchev–Trinajstić information content (AvgIpc) is 2.69. The molecule has 2 unspecified atom stereocenters. The van der Waals surface area contributed by atoms with Crippen LogP contribution in [-0.2, 0) is 14.3 Å². The minimum absolute atomic E-state index is 0.0766. The van der Waals surface area contributed by atoms with Crippen LogP contribution in [0.4, 0.5) is 0 Å². The number of rotatable bonds is 14. The Bertz CT molecular complexity index is 485. The summed E-state index contributed by atoms with van der Waals surface area (Å²) >= 11 is 1.44. The number of unbranched alkanes of at least 4 members (excludes halogenated alkanes) is 4. The molecule has 0 saturated carbocycles. The van der Waals surface area contributed by atoms with Gasteiger partial charge in [0.15, 0.2) is 0 Å². The molecule has 0 bridgehead atoms. The quantitative estimate of drug-likeness (QED) is 0.199. The van der Waals surface area contributed by atoms with Crippen LogP contribution in [0.3, 0.4) is 0 Å². The van der Waals surface area contributed by atoms with Crippen LogP contribution in [0.15, 0.2) is 0 Å². The topological polar surface area (TPSA) is 154 Å². The molecule has 0 aliphatic carbocycles. The van der Waals surface area contributed by atoms with Crippen molar-refractivity contribution in [2.45, 2.75) is 81.7 Å². The predicted molar refractivity (Wildman–Crippen MR) is 112 cm³/mol. The third kappa shape index (κ3) is 10.1. The molecule has 7 N–H and O–H groups in total. The molecule has 0 aromatic rings. The fourth-order valence-electron chi connectivity index (χ4n) is 3.14. The Balaban J connectivity index is 2.24. The Morgan fingerprint density at radius 1 is 1.07 bits per heavy atom. The highest BCUT2D eigenvalue weighted by molar-refractivity contribution is 7.99. The molecule has 1 rings (SSSR count). The van der Waals surface area contributed by atoms with E-state index >= 15 is 0 Å². The Morgan fingerprint density at radius 3 is 2.45 bits per heavy atom. The van der Waals surface area contributed by atoms with Gasteiger partial charge in [-0.15, -0.1) is 11.8 Å². The van der Waals surface area contributed by atoms with E-state index in [1.807, 2.05) is 0 Å². The fraction of sp³-hybridized carbons (Fsp3) is 0.895. The van der Waals surface area contributed by atoms with Gasteiger partial charge in [-0.2, -0.15) is 0 Å². The van der Waals surface area contributed by atoms with Gasteiger partial charge >= 0.3 is 0 Å². The zero-order valence-corrected chi connectivity index (χ0v) is 18.0. The van der Waals surface area contributed by atoms with Gasteiger partial charge < -0.3 is 36.4 Å². The number of aliphatic hydroxyl groups excluding tert-OH is 3. The van der Waals surface area contributed by atoms with E-state index in [2.05, 4.69) is 10.6 Å². The lowest BCUT2D eigenvalue weighted by Gasteiger charge is -2.42. The zero-order valence-electron chi connectivity index (χ0n) is 17.2. The van der Waals surface area contributed by atoms with E-state index in [-0.39, 0.29) is 11.8 Å². The van der Waals surface area contributed by atoms with Gasteiger partial charge in [-0.1, -0.05) is 12.8 Å². The van der Waals surface area contributed by atoms with Gasteiger partial charge in [0.25, 0.3) is 0 Å². The van der Waals surface area contributed by atoms with Crippen LogP contribution in [-0.4, -0.2) is 82.4 Å². The van der Waals surface area contributed by atoms with E-state index in [9.17, 15) is 24.9 Å². The van der Waals surface area contributed by atoms with E-state index in [0.717, 1.165) is 44.3 Å². The van der Waals surface area contributed by atoms with Crippen LogP contribution in [0.25, 0.3) is 0 Å². The van der Waals surface area contributed by atoms with Crippen molar-refractivity contribution >= 4 is 23.6 Å². The molecule has 9 nitrogen and oxygen atoms in total. The summed E-state index contributed by atoms with van der Waals surface area (Å²) in [6.45, 7) is 2.24. The monoisotopic (exact) mass is 435 g/mol. The predicted octanol–water partition coefficient (Wildman–Crippen LogP) is -0.531. The summed E-state index contributed by atoms with van der Waals surface area (Å²) in [6, 6.07) is -0.742. The van der Waals surface area contributed by atoms with Crippen molar-refractivity contribution < 1.29 is 29.6 Å². The number of thioether (sulfide) groups is 1. The second kappa shape index (κ2) is 15.0. The van der Waals surface area contributed by atoms with Crippen LogP contribution in [0.2, 0.25) is 0 Å². The van der Waals surface area contributed by atoms with Crippen LogP contribution >= 0.6 is 11.8 Å². The summed E-state index contributed by atoms with van der Waals surface area (Å²) in [5, 5.41) is 35.1. The maximum Gasteiger partial charge on any atom is 0.219 e. The highest BCUT2D eigenvalue weighted by Gasteiger charge is 2.44. The van der Waals surface area contributed by atoms with Gasteiger partial charge in [-0.05, 0) is 38.0 Å². The number of ether oxygens (including phenoxy) is 1. The Morgan fingerprint density at radius 2 is 1.79 bits per heavy atom. The number of hydrogen-bond donors (Lipinski definition) is 6. The number of hydrogen-bond acceptors (Lipinski definition) is 8. The molecule has 1 heterocycles. The minimum atomic E-state index is -1.26. The highest BCUT2D eigenvalue weighted by atomic mass is 32.2. The molecule has 0 aromatic carbocycles. The van der Waals surface area contributed by atoms with Gasteiger partial charge in [-0.3, -0.25) is 9.59 Å². The maximum absolute atomic E-state index is 11.7. The van der Waals surface area contributed by atoms with E-state index in [1.54, 1.807) is 0 Å². The molecule has 0 spiro atoms. The average molecular weight is 436 g/mol. The number of nitrogens with two attached hydrogens (primary N) is 1. The Kier molecular flexibility index (Phi) is 13.5. The van der Waals surface area contributed by atoms with Gasteiger partial charge in [0.05, 0.1) is 12.6 Å². The lowest BCUT2D eigenvalue weighted by atomic mass is 9.98. The number of carbonyl (C=O) groups is 2. The lowest BCUT2D eigenvalue weighted by Crippen LogP contribution is -2.63. The SMILES string of the molecule is CC(=O)NC1[C@H](SCCCCCNC(=O)CCCCCN)OC(CO)[C@H](O)[C@H]1O. The molecule has 5 atom stereocenters. The normalized spacial score (nSPS) is 26.9. The number of aliphatic hydroxyl groups is 3. The van der Waals surface area contributed by atoms with Crippen LogP contribution in [0.5, 0.6) is 0 Å². The molecule has 2 amide bonds. The largest absolute Gasteiger partial charge is 0.394 e. The highest BCUT2D eigenvalue weighted by Crippen LogP contribution is 2.29. The molecule has 0 radical (unpaired) electrons. The van der Waals surface area contributed by atoms with E-state index in [1.165, 1.54) is 18.7 Å². The summed E-state index contributed by atoms with van der Waals surface area (Å²) in [7, 11) is 0. The van der Waals surface area contributed by atoms with Crippen molar-refractivity contribution in [2.75, 3.05) is 25.4 Å². The number of amides is 2. The van der Waals surface area contributed by atoms with Crippen molar-refractivity contribution in [2.24, 2.45) is 5.73 Å². The van der Waals surface area contributed by atoms with Gasteiger partial charge in [0.2, 0.25) is 11.8 Å². The summed E-state index contributed by atoms with van der Waals surface area (Å²) < 4.78 is 5.67. The fourth-order valence-corrected chi connectivity index (χ4v) is 4.40. The molecule has 1 aliphatic heterocycles. The molecule has 1 aliphatic rings. The van der Waals surface area contributed by atoms with Crippen LogP contribution < -0.4 is 16.4 Å². The van der Waals surface area contributed by atoms with Gasteiger partial charge in [-0.25, -0.2) is 0 Å². The first-order chi connectivity index (χ1) is 13.9. The van der Waals surface area contributed by atoms with E-state index in [4.69, 9.17) is 10.5 Å². The first-order valence-corrected chi connectivity index (χ1v) is 11.4. The maximum atomic E-state index is 11.7. The second-order valence-corrected chi connectivity index (χ2v) is 8.52. The summed E-state index contributed by atoms with van der Waals surface area (Å²) in [5.41, 5.74) is 4.87. The van der Waals surface area contributed by atoms with Crippen molar-refractivity contribution in [3.63, 3.8) is 0 Å². The summed E-state index contributed by atoms with van der Waals surface area (Å²) in [4.78, 5) is 23.1. The Hall–Kier alpha value is -0.910. The number of carbonyl (C=O) groups excluding carboxylic acids is 2.